The van der Waals surface area contributed by atoms with Gasteiger partial charge in [-0.2, -0.15) is 0 Å². The fourth-order valence-electron chi connectivity index (χ4n) is 3.03. The molecule has 1 N–H and O–H groups in total. The molecule has 106 valence electrons. The van der Waals surface area contributed by atoms with Gasteiger partial charge in [-0.1, -0.05) is 36.4 Å². The van der Waals surface area contributed by atoms with Crippen LogP contribution in [0, 0.1) is 0 Å². The summed E-state index contributed by atoms with van der Waals surface area (Å²) in [6.45, 7) is 1.77. The zero-order chi connectivity index (χ0) is 14.1. The van der Waals surface area contributed by atoms with Crippen LogP contribution < -0.4 is 0 Å². The Balaban J connectivity index is 1.63. The van der Waals surface area contributed by atoms with E-state index in [1.807, 2.05) is 18.2 Å². The number of hydrogen-bond donors (Lipinski definition) is 1. The van der Waals surface area contributed by atoms with Gasteiger partial charge in [0.2, 0.25) is 0 Å². The molecule has 0 radical (unpaired) electrons. The third-order valence-electron chi connectivity index (χ3n) is 4.27. The van der Waals surface area contributed by atoms with Gasteiger partial charge in [-0.15, -0.1) is 0 Å². The van der Waals surface area contributed by atoms with Crippen molar-refractivity contribution in [1.29, 1.82) is 0 Å². The number of para-hydroxylation sites is 2. The maximum atomic E-state index is 5.43. The van der Waals surface area contributed by atoms with Gasteiger partial charge >= 0.3 is 0 Å². The van der Waals surface area contributed by atoms with E-state index in [0.717, 1.165) is 48.5 Å². The van der Waals surface area contributed by atoms with E-state index >= 15 is 0 Å². The number of rotatable bonds is 2. The number of H-pyrrole nitrogens is 1. The minimum absolute atomic E-state index is 0.642. The van der Waals surface area contributed by atoms with Crippen LogP contribution in [-0.4, -0.2) is 23.2 Å². The van der Waals surface area contributed by atoms with E-state index < -0.39 is 0 Å². The Morgan fingerprint density at radius 1 is 0.952 bits per heavy atom. The molecule has 0 bridgehead atoms. The monoisotopic (exact) mass is 278 g/mol. The average molecular weight is 278 g/mol. The molecule has 2 heterocycles. The van der Waals surface area contributed by atoms with E-state index in [1.165, 1.54) is 5.56 Å². The van der Waals surface area contributed by atoms with Crippen molar-refractivity contribution in [3.05, 3.63) is 54.1 Å². The van der Waals surface area contributed by atoms with Crippen molar-refractivity contribution < 1.29 is 4.74 Å². The lowest BCUT2D eigenvalue weighted by molar-refractivity contribution is 0.0853. The molecule has 0 unspecified atom stereocenters. The normalized spacial score (nSPS) is 16.4. The molecule has 0 amide bonds. The minimum Gasteiger partial charge on any atom is -0.381 e. The molecule has 1 aliphatic rings. The largest absolute Gasteiger partial charge is 0.381 e. The number of nitrogens with one attached hydrogen (secondary N) is 1. The molecule has 1 saturated heterocycles. The molecule has 0 saturated carbocycles. The molecule has 3 nitrogen and oxygen atoms in total. The lowest BCUT2D eigenvalue weighted by atomic mass is 9.91. The van der Waals surface area contributed by atoms with Gasteiger partial charge in [0.15, 0.2) is 0 Å². The predicted octanol–water partition coefficient (Wildman–Crippen LogP) is 4.12. The molecule has 3 heteroatoms. The second-order valence-electron chi connectivity index (χ2n) is 5.61. The molecule has 3 aromatic rings. The van der Waals surface area contributed by atoms with Crippen LogP contribution in [-0.2, 0) is 4.74 Å². The van der Waals surface area contributed by atoms with Crippen LogP contribution in [0.1, 0.15) is 24.3 Å². The zero-order valence-electron chi connectivity index (χ0n) is 11.9. The Morgan fingerprint density at radius 2 is 1.71 bits per heavy atom. The topological polar surface area (TPSA) is 37.9 Å². The SMILES string of the molecule is c1ccc2[nH]c(-c3ccc(C4CCOCC4)cc3)nc2c1. The van der Waals surface area contributed by atoms with Gasteiger partial charge in [0.05, 0.1) is 11.0 Å². The molecule has 1 aromatic heterocycles. The number of benzene rings is 2. The van der Waals surface area contributed by atoms with Crippen molar-refractivity contribution in [1.82, 2.24) is 9.97 Å². The second-order valence-corrected chi connectivity index (χ2v) is 5.61. The number of nitrogens with zero attached hydrogens (tertiary/aromatic N) is 1. The van der Waals surface area contributed by atoms with E-state index in [1.54, 1.807) is 0 Å². The first-order valence-corrected chi connectivity index (χ1v) is 7.53. The number of ether oxygens (including phenoxy) is 1. The standard InChI is InChI=1S/C18H18N2O/c1-2-4-17-16(3-1)19-18(20-17)15-7-5-13(6-8-15)14-9-11-21-12-10-14/h1-8,14H,9-12H2,(H,19,20). The van der Waals surface area contributed by atoms with E-state index in [4.69, 9.17) is 4.74 Å². The molecule has 0 aliphatic carbocycles. The van der Waals surface area contributed by atoms with Crippen molar-refractivity contribution in [2.45, 2.75) is 18.8 Å². The first-order valence-electron chi connectivity index (χ1n) is 7.53. The van der Waals surface area contributed by atoms with Crippen LogP contribution in [0.4, 0.5) is 0 Å². The fourth-order valence-corrected chi connectivity index (χ4v) is 3.03. The summed E-state index contributed by atoms with van der Waals surface area (Å²) in [4.78, 5) is 8.03. The summed E-state index contributed by atoms with van der Waals surface area (Å²) >= 11 is 0. The molecular weight excluding hydrogens is 260 g/mol. The number of aromatic amines is 1. The molecule has 21 heavy (non-hydrogen) atoms. The first-order chi connectivity index (χ1) is 10.4. The Kier molecular flexibility index (Phi) is 3.20. The van der Waals surface area contributed by atoms with E-state index in [9.17, 15) is 0 Å². The lowest BCUT2D eigenvalue weighted by Gasteiger charge is -2.22. The van der Waals surface area contributed by atoms with Crippen molar-refractivity contribution in [2.75, 3.05) is 13.2 Å². The summed E-state index contributed by atoms with van der Waals surface area (Å²) in [7, 11) is 0. The van der Waals surface area contributed by atoms with Gasteiger partial charge in [0, 0.05) is 18.8 Å². The Bertz CT molecular complexity index is 706. The summed E-state index contributed by atoms with van der Waals surface area (Å²) < 4.78 is 5.43. The van der Waals surface area contributed by atoms with Gasteiger partial charge < -0.3 is 9.72 Å². The van der Waals surface area contributed by atoms with Gasteiger partial charge in [-0.3, -0.25) is 0 Å². The van der Waals surface area contributed by atoms with Crippen LogP contribution in [0.2, 0.25) is 0 Å². The molecule has 0 spiro atoms. The van der Waals surface area contributed by atoms with E-state index in [2.05, 4.69) is 40.3 Å². The second kappa shape index (κ2) is 5.34. The maximum Gasteiger partial charge on any atom is 0.138 e. The molecule has 4 rings (SSSR count). The van der Waals surface area contributed by atoms with E-state index in [-0.39, 0.29) is 0 Å². The van der Waals surface area contributed by atoms with Crippen LogP contribution in [0.25, 0.3) is 22.4 Å². The zero-order valence-corrected chi connectivity index (χ0v) is 11.9. The molecule has 2 aromatic carbocycles. The molecule has 1 fully saturated rings. The predicted molar refractivity (Wildman–Crippen MR) is 84.3 cm³/mol. The van der Waals surface area contributed by atoms with Crippen molar-refractivity contribution >= 4 is 11.0 Å². The fraction of sp³-hybridized carbons (Fsp3) is 0.278. The van der Waals surface area contributed by atoms with Crippen LogP contribution in [0.3, 0.4) is 0 Å². The van der Waals surface area contributed by atoms with Crippen molar-refractivity contribution in [2.24, 2.45) is 0 Å². The number of hydrogen-bond acceptors (Lipinski definition) is 2. The molecule has 1 aliphatic heterocycles. The van der Waals surface area contributed by atoms with Gasteiger partial charge in [-0.25, -0.2) is 4.98 Å². The summed E-state index contributed by atoms with van der Waals surface area (Å²) in [5.41, 5.74) is 4.65. The highest BCUT2D eigenvalue weighted by Crippen LogP contribution is 2.28. The third-order valence-corrected chi connectivity index (χ3v) is 4.27. The highest BCUT2D eigenvalue weighted by molar-refractivity contribution is 5.79. The van der Waals surface area contributed by atoms with Crippen molar-refractivity contribution in [3.63, 3.8) is 0 Å². The van der Waals surface area contributed by atoms with Gasteiger partial charge in [-0.05, 0) is 36.5 Å². The molecular formula is C18H18N2O. The maximum absolute atomic E-state index is 5.43. The summed E-state index contributed by atoms with van der Waals surface area (Å²) in [5, 5.41) is 0. The lowest BCUT2D eigenvalue weighted by Crippen LogP contribution is -2.13. The van der Waals surface area contributed by atoms with Crippen LogP contribution in [0.5, 0.6) is 0 Å². The van der Waals surface area contributed by atoms with E-state index in [0.29, 0.717) is 5.92 Å². The summed E-state index contributed by atoms with van der Waals surface area (Å²) in [6, 6.07) is 16.9. The minimum atomic E-state index is 0.642. The van der Waals surface area contributed by atoms with Crippen molar-refractivity contribution in [3.8, 4) is 11.4 Å². The number of aromatic nitrogens is 2. The van der Waals surface area contributed by atoms with Gasteiger partial charge in [0.1, 0.15) is 5.82 Å². The van der Waals surface area contributed by atoms with Crippen LogP contribution in [0.15, 0.2) is 48.5 Å². The highest BCUT2D eigenvalue weighted by Gasteiger charge is 2.15. The average Bonchev–Trinajstić information content (AvgIpc) is 3.00. The van der Waals surface area contributed by atoms with Crippen LogP contribution >= 0.6 is 0 Å². The third kappa shape index (κ3) is 2.45. The summed E-state index contributed by atoms with van der Waals surface area (Å²) in [5.74, 6) is 1.58. The quantitative estimate of drug-likeness (QED) is 0.765. The first kappa shape index (κ1) is 12.6. The highest BCUT2D eigenvalue weighted by atomic mass is 16.5. The smallest absolute Gasteiger partial charge is 0.138 e. The summed E-state index contributed by atoms with van der Waals surface area (Å²) in [6.07, 6.45) is 2.26. The number of fused-ring (bicyclic) bond motifs is 1. The number of imidazole rings is 1. The molecule has 0 atom stereocenters. The Hall–Kier alpha value is -2.13. The van der Waals surface area contributed by atoms with Gasteiger partial charge in [0.25, 0.3) is 0 Å². The Labute approximate surface area is 124 Å². The Morgan fingerprint density at radius 3 is 2.48 bits per heavy atom.